The van der Waals surface area contributed by atoms with Gasteiger partial charge in [-0.25, -0.2) is 9.97 Å². The Balaban J connectivity index is 1.83. The molecular weight excluding hydrogens is 354 g/mol. The van der Waals surface area contributed by atoms with E-state index in [1.54, 1.807) is 18.1 Å². The van der Waals surface area contributed by atoms with E-state index in [2.05, 4.69) is 39.0 Å². The Hall–Kier alpha value is -2.48. The van der Waals surface area contributed by atoms with E-state index in [9.17, 15) is 4.79 Å². The van der Waals surface area contributed by atoms with Gasteiger partial charge in [-0.3, -0.25) is 9.48 Å². The zero-order valence-corrected chi connectivity index (χ0v) is 18.0. The molecule has 28 heavy (non-hydrogen) atoms. The van der Waals surface area contributed by atoms with E-state index < -0.39 is 0 Å². The summed E-state index contributed by atoms with van der Waals surface area (Å²) < 4.78 is 1.81. The number of amides is 1. The van der Waals surface area contributed by atoms with Crippen LogP contribution in [0.4, 0.5) is 5.82 Å². The van der Waals surface area contributed by atoms with Crippen molar-refractivity contribution in [3.05, 3.63) is 34.5 Å². The number of carbonyl (C=O) groups excluding carboxylic acids is 1. The molecule has 1 aliphatic heterocycles. The van der Waals surface area contributed by atoms with Crippen molar-refractivity contribution in [1.29, 1.82) is 0 Å². The van der Waals surface area contributed by atoms with E-state index in [-0.39, 0.29) is 11.7 Å². The van der Waals surface area contributed by atoms with Crippen LogP contribution in [0.1, 0.15) is 39.6 Å². The van der Waals surface area contributed by atoms with Crippen LogP contribution in [0, 0.1) is 20.8 Å². The highest BCUT2D eigenvalue weighted by Gasteiger charge is 2.28. The number of rotatable bonds is 5. The Kier molecular flexibility index (Phi) is 5.69. The van der Waals surface area contributed by atoms with Crippen LogP contribution < -0.4 is 4.90 Å². The average Bonchev–Trinajstić information content (AvgIpc) is 3.26. The molecule has 1 saturated heterocycles. The summed E-state index contributed by atoms with van der Waals surface area (Å²) in [4.78, 5) is 28.4. The van der Waals surface area contributed by atoms with E-state index in [0.717, 1.165) is 47.8 Å². The predicted molar refractivity (Wildman–Crippen MR) is 110 cm³/mol. The van der Waals surface area contributed by atoms with Gasteiger partial charge in [-0.05, 0) is 41.3 Å². The number of aromatic nitrogens is 4. The Morgan fingerprint density at radius 2 is 1.93 bits per heavy atom. The first-order valence-corrected chi connectivity index (χ1v) is 9.68. The summed E-state index contributed by atoms with van der Waals surface area (Å²) >= 11 is 0. The number of likely N-dealkylation sites (N-methyl/N-ethyl adjacent to an activating group) is 1. The molecule has 0 bridgehead atoms. The quantitative estimate of drug-likeness (QED) is 0.778. The molecule has 3 heterocycles. The van der Waals surface area contributed by atoms with Gasteiger partial charge in [0.05, 0.1) is 6.20 Å². The molecule has 1 atom stereocenters. The fourth-order valence-corrected chi connectivity index (χ4v) is 3.57. The molecule has 0 aliphatic carbocycles. The molecule has 152 valence electrons. The zero-order chi connectivity index (χ0) is 20.6. The van der Waals surface area contributed by atoms with Crippen LogP contribution >= 0.6 is 0 Å². The van der Waals surface area contributed by atoms with E-state index >= 15 is 0 Å². The second-order valence-corrected chi connectivity index (χ2v) is 7.97. The van der Waals surface area contributed by atoms with Gasteiger partial charge >= 0.3 is 0 Å². The van der Waals surface area contributed by atoms with Crippen molar-refractivity contribution in [2.45, 2.75) is 39.8 Å². The highest BCUT2D eigenvalue weighted by Crippen LogP contribution is 2.25. The zero-order valence-electron chi connectivity index (χ0n) is 18.0. The fourth-order valence-electron chi connectivity index (χ4n) is 3.57. The maximum atomic E-state index is 13.0. The van der Waals surface area contributed by atoms with Gasteiger partial charge in [-0.15, -0.1) is 0 Å². The number of nitrogens with zero attached hydrogens (tertiary/aromatic N) is 7. The Labute approximate surface area is 167 Å². The molecule has 0 unspecified atom stereocenters. The highest BCUT2D eigenvalue weighted by atomic mass is 16.2. The molecular formula is C20H31N7O. The van der Waals surface area contributed by atoms with Crippen molar-refractivity contribution >= 4 is 11.7 Å². The number of anilines is 1. The second kappa shape index (κ2) is 7.87. The Bertz CT molecular complexity index is 874. The van der Waals surface area contributed by atoms with Crippen molar-refractivity contribution in [2.24, 2.45) is 7.05 Å². The molecule has 0 saturated carbocycles. The molecule has 1 amide bonds. The lowest BCUT2D eigenvalue weighted by Gasteiger charge is -2.24. The average molecular weight is 386 g/mol. The minimum Gasteiger partial charge on any atom is -0.355 e. The summed E-state index contributed by atoms with van der Waals surface area (Å²) in [6, 6.07) is 0.505. The summed E-state index contributed by atoms with van der Waals surface area (Å²) in [5.74, 6) is 0.970. The van der Waals surface area contributed by atoms with Crippen LogP contribution in [0.15, 0.2) is 6.20 Å². The largest absolute Gasteiger partial charge is 0.355 e. The van der Waals surface area contributed by atoms with Gasteiger partial charge in [0, 0.05) is 62.3 Å². The third kappa shape index (κ3) is 3.87. The number of hydrogen-bond acceptors (Lipinski definition) is 6. The van der Waals surface area contributed by atoms with E-state index in [1.807, 2.05) is 32.5 Å². The predicted octanol–water partition coefficient (Wildman–Crippen LogP) is 1.55. The smallest absolute Gasteiger partial charge is 0.291 e. The van der Waals surface area contributed by atoms with Crippen molar-refractivity contribution in [3.63, 3.8) is 0 Å². The lowest BCUT2D eigenvalue weighted by Crippen LogP contribution is -2.33. The lowest BCUT2D eigenvalue weighted by atomic mass is 10.2. The molecule has 1 aliphatic rings. The van der Waals surface area contributed by atoms with Crippen LogP contribution in [0.2, 0.25) is 0 Å². The molecule has 3 rings (SSSR count). The molecule has 1 fully saturated rings. The van der Waals surface area contributed by atoms with Crippen LogP contribution in [0.3, 0.4) is 0 Å². The maximum absolute atomic E-state index is 13.0. The molecule has 0 radical (unpaired) electrons. The van der Waals surface area contributed by atoms with Crippen molar-refractivity contribution < 1.29 is 4.79 Å². The van der Waals surface area contributed by atoms with Crippen LogP contribution in [-0.2, 0) is 13.6 Å². The number of aryl methyl sites for hydroxylation is 2. The van der Waals surface area contributed by atoms with Crippen LogP contribution in [0.5, 0.6) is 0 Å². The molecule has 0 aromatic carbocycles. The van der Waals surface area contributed by atoms with Gasteiger partial charge in [-0.1, -0.05) is 0 Å². The van der Waals surface area contributed by atoms with Gasteiger partial charge < -0.3 is 14.7 Å². The van der Waals surface area contributed by atoms with Gasteiger partial charge in [-0.2, -0.15) is 5.10 Å². The highest BCUT2D eigenvalue weighted by molar-refractivity contribution is 5.90. The molecule has 0 N–H and O–H groups in total. The molecule has 2 aromatic heterocycles. The molecule has 8 heteroatoms. The lowest BCUT2D eigenvalue weighted by molar-refractivity contribution is 0.0772. The van der Waals surface area contributed by atoms with Gasteiger partial charge in [0.1, 0.15) is 5.82 Å². The minimum atomic E-state index is -0.170. The maximum Gasteiger partial charge on any atom is 0.291 e. The first kappa shape index (κ1) is 20.3. The Morgan fingerprint density at radius 3 is 2.50 bits per heavy atom. The van der Waals surface area contributed by atoms with Crippen molar-refractivity contribution in [2.75, 3.05) is 39.1 Å². The second-order valence-electron chi connectivity index (χ2n) is 7.97. The number of carbonyl (C=O) groups is 1. The van der Waals surface area contributed by atoms with E-state index in [1.165, 1.54) is 0 Å². The van der Waals surface area contributed by atoms with E-state index in [0.29, 0.717) is 12.6 Å². The van der Waals surface area contributed by atoms with Crippen molar-refractivity contribution in [1.82, 2.24) is 29.5 Å². The summed E-state index contributed by atoms with van der Waals surface area (Å²) in [7, 11) is 7.90. The normalized spacial score (nSPS) is 16.9. The summed E-state index contributed by atoms with van der Waals surface area (Å²) in [6.07, 6.45) is 2.90. The fraction of sp³-hybridized carbons (Fsp3) is 0.600. The summed E-state index contributed by atoms with van der Waals surface area (Å²) in [5.41, 5.74) is 3.97. The third-order valence-electron chi connectivity index (χ3n) is 5.84. The molecule has 0 spiro atoms. The van der Waals surface area contributed by atoms with Gasteiger partial charge in [0.2, 0.25) is 5.82 Å². The first-order valence-electron chi connectivity index (χ1n) is 9.68. The summed E-state index contributed by atoms with van der Waals surface area (Å²) in [5, 5.41) is 4.25. The molecule has 2 aromatic rings. The van der Waals surface area contributed by atoms with Crippen LogP contribution in [0.25, 0.3) is 0 Å². The first-order chi connectivity index (χ1) is 13.2. The van der Waals surface area contributed by atoms with Crippen molar-refractivity contribution in [3.8, 4) is 0 Å². The Morgan fingerprint density at radius 1 is 1.21 bits per heavy atom. The van der Waals surface area contributed by atoms with Gasteiger partial charge in [0.15, 0.2) is 0 Å². The number of hydrogen-bond donors (Lipinski definition) is 0. The monoisotopic (exact) mass is 385 g/mol. The summed E-state index contributed by atoms with van der Waals surface area (Å²) in [6.45, 7) is 8.32. The van der Waals surface area contributed by atoms with Crippen LogP contribution in [-0.4, -0.2) is 75.7 Å². The standard InChI is InChI=1S/C20H31N7O/c1-13-14(2)22-18(23-19(13)27-9-8-17(12-27)24(4)5)20(28)25(6)11-16-10-21-26(7)15(16)3/h10,17H,8-9,11-12H2,1-7H3/t17-/m1/s1. The van der Waals surface area contributed by atoms with E-state index in [4.69, 9.17) is 0 Å². The third-order valence-corrected chi connectivity index (χ3v) is 5.84. The minimum absolute atomic E-state index is 0.170. The topological polar surface area (TPSA) is 70.4 Å². The van der Waals surface area contributed by atoms with Gasteiger partial charge in [0.25, 0.3) is 5.91 Å². The SMILES string of the molecule is Cc1nc(C(=O)N(C)Cc2cnn(C)c2C)nc(N2CC[C@@H](N(C)C)C2)c1C. The molecule has 8 nitrogen and oxygen atoms in total.